The highest BCUT2D eigenvalue weighted by Crippen LogP contribution is 2.30. The van der Waals surface area contributed by atoms with E-state index in [0.29, 0.717) is 24.9 Å². The lowest BCUT2D eigenvalue weighted by Gasteiger charge is -2.16. The van der Waals surface area contributed by atoms with Gasteiger partial charge >= 0.3 is 5.69 Å². The smallest absolute Gasteiger partial charge is 0.319 e. The predicted octanol–water partition coefficient (Wildman–Crippen LogP) is 2.37. The molecule has 0 N–H and O–H groups in total. The van der Waals surface area contributed by atoms with Gasteiger partial charge in [-0.05, 0) is 17.9 Å². The lowest BCUT2D eigenvalue weighted by molar-refractivity contribution is -0.385. The molecule has 1 saturated heterocycles. The van der Waals surface area contributed by atoms with E-state index in [1.807, 2.05) is 0 Å². The quantitative estimate of drug-likeness (QED) is 0.474. The standard InChI is InChI=1S/C12H14ClN3O3/c1-7-5-15(6-8(7)2)12(17)9-3-4-14-11(13)10(9)16(18)19/h3-4,7-8H,5-6H2,1-2H3. The van der Waals surface area contributed by atoms with Crippen LogP contribution in [-0.2, 0) is 0 Å². The second-order valence-corrected chi connectivity index (χ2v) is 5.28. The Kier molecular flexibility index (Phi) is 3.71. The Bertz CT molecular complexity index is 525. The Hall–Kier alpha value is -1.69. The van der Waals surface area contributed by atoms with Crippen LogP contribution < -0.4 is 0 Å². The van der Waals surface area contributed by atoms with Crippen LogP contribution in [0.5, 0.6) is 0 Å². The van der Waals surface area contributed by atoms with Crippen molar-refractivity contribution in [3.05, 3.63) is 33.1 Å². The first-order valence-electron chi connectivity index (χ1n) is 6.00. The molecule has 0 aliphatic carbocycles. The normalized spacial score (nSPS) is 22.6. The fraction of sp³-hybridized carbons (Fsp3) is 0.500. The van der Waals surface area contributed by atoms with Crippen molar-refractivity contribution < 1.29 is 9.72 Å². The van der Waals surface area contributed by atoms with Gasteiger partial charge in [-0.15, -0.1) is 0 Å². The number of carbonyl (C=O) groups is 1. The van der Waals surface area contributed by atoms with Crippen molar-refractivity contribution in [1.29, 1.82) is 0 Å². The van der Waals surface area contributed by atoms with Crippen molar-refractivity contribution in [1.82, 2.24) is 9.88 Å². The molecule has 19 heavy (non-hydrogen) atoms. The third kappa shape index (κ3) is 2.53. The summed E-state index contributed by atoms with van der Waals surface area (Å²) < 4.78 is 0. The van der Waals surface area contributed by atoms with Gasteiger partial charge in [-0.2, -0.15) is 0 Å². The van der Waals surface area contributed by atoms with Gasteiger partial charge in [0.2, 0.25) is 5.15 Å². The van der Waals surface area contributed by atoms with E-state index in [-0.39, 0.29) is 16.6 Å². The highest BCUT2D eigenvalue weighted by molar-refractivity contribution is 6.32. The van der Waals surface area contributed by atoms with Crippen molar-refractivity contribution in [3.8, 4) is 0 Å². The molecule has 2 unspecified atom stereocenters. The summed E-state index contributed by atoms with van der Waals surface area (Å²) in [5.41, 5.74) is -0.410. The van der Waals surface area contributed by atoms with Gasteiger partial charge in [0.05, 0.1) is 4.92 Å². The number of halogens is 1. The summed E-state index contributed by atoms with van der Waals surface area (Å²) in [5, 5.41) is 10.7. The van der Waals surface area contributed by atoms with Crippen molar-refractivity contribution in [3.63, 3.8) is 0 Å². The van der Waals surface area contributed by atoms with Gasteiger partial charge in [0, 0.05) is 19.3 Å². The van der Waals surface area contributed by atoms with Gasteiger partial charge in [-0.3, -0.25) is 14.9 Å². The van der Waals surface area contributed by atoms with E-state index in [4.69, 9.17) is 11.6 Å². The number of pyridine rings is 1. The average Bonchev–Trinajstić information content (AvgIpc) is 2.68. The summed E-state index contributed by atoms with van der Waals surface area (Å²) in [6, 6.07) is 1.35. The van der Waals surface area contributed by atoms with Crippen LogP contribution in [-0.4, -0.2) is 33.8 Å². The van der Waals surface area contributed by atoms with Gasteiger partial charge in [0.15, 0.2) is 0 Å². The van der Waals surface area contributed by atoms with Crippen LogP contribution in [0.4, 0.5) is 5.69 Å². The number of nitrogens with zero attached hydrogens (tertiary/aromatic N) is 3. The first-order chi connectivity index (χ1) is 8.91. The number of carbonyl (C=O) groups excluding carboxylic acids is 1. The Morgan fingerprint density at radius 3 is 2.58 bits per heavy atom. The lowest BCUT2D eigenvalue weighted by atomic mass is 10.0. The third-order valence-electron chi connectivity index (χ3n) is 3.57. The molecule has 1 aliphatic rings. The van der Waals surface area contributed by atoms with Crippen LogP contribution in [0.25, 0.3) is 0 Å². The van der Waals surface area contributed by atoms with Gasteiger partial charge in [-0.25, -0.2) is 4.98 Å². The predicted molar refractivity (Wildman–Crippen MR) is 70.1 cm³/mol. The van der Waals surface area contributed by atoms with Crippen LogP contribution in [0, 0.1) is 22.0 Å². The molecule has 1 aromatic heterocycles. The Morgan fingerprint density at radius 2 is 2.05 bits per heavy atom. The Labute approximate surface area is 115 Å². The molecule has 0 spiro atoms. The molecule has 2 heterocycles. The SMILES string of the molecule is CC1CN(C(=O)c2ccnc(Cl)c2[N+](=O)[O-])CC1C. The first kappa shape index (κ1) is 13.7. The van der Waals surface area contributed by atoms with Gasteiger partial charge in [-0.1, -0.05) is 25.4 Å². The highest BCUT2D eigenvalue weighted by atomic mass is 35.5. The van der Waals surface area contributed by atoms with Crippen molar-refractivity contribution in [2.24, 2.45) is 11.8 Å². The van der Waals surface area contributed by atoms with Crippen molar-refractivity contribution in [2.75, 3.05) is 13.1 Å². The first-order valence-corrected chi connectivity index (χ1v) is 6.37. The highest BCUT2D eigenvalue weighted by Gasteiger charge is 2.34. The number of amides is 1. The summed E-state index contributed by atoms with van der Waals surface area (Å²) in [4.78, 5) is 28.0. The summed E-state index contributed by atoms with van der Waals surface area (Å²) in [6.45, 7) is 5.34. The molecular weight excluding hydrogens is 270 g/mol. The molecule has 6 nitrogen and oxygen atoms in total. The van der Waals surface area contributed by atoms with E-state index >= 15 is 0 Å². The number of rotatable bonds is 2. The van der Waals surface area contributed by atoms with E-state index in [2.05, 4.69) is 18.8 Å². The fourth-order valence-corrected chi connectivity index (χ4v) is 2.47. The average molecular weight is 284 g/mol. The molecule has 1 aromatic rings. The zero-order chi connectivity index (χ0) is 14.2. The molecule has 0 aromatic carbocycles. The zero-order valence-corrected chi connectivity index (χ0v) is 11.4. The molecule has 2 rings (SSSR count). The number of likely N-dealkylation sites (tertiary alicyclic amines) is 1. The summed E-state index contributed by atoms with van der Waals surface area (Å²) in [5.74, 6) is 0.424. The maximum atomic E-state index is 12.4. The number of hydrogen-bond donors (Lipinski definition) is 0. The number of nitro groups is 1. The minimum Gasteiger partial charge on any atom is -0.338 e. The monoisotopic (exact) mass is 283 g/mol. The maximum Gasteiger partial charge on any atom is 0.319 e. The molecule has 1 fully saturated rings. The van der Waals surface area contributed by atoms with E-state index < -0.39 is 10.6 Å². The lowest BCUT2D eigenvalue weighted by Crippen LogP contribution is -2.29. The number of aromatic nitrogens is 1. The van der Waals surface area contributed by atoms with Crippen LogP contribution in [0.2, 0.25) is 5.15 Å². The molecule has 0 radical (unpaired) electrons. The topological polar surface area (TPSA) is 76.3 Å². The van der Waals surface area contributed by atoms with Crippen LogP contribution >= 0.6 is 11.6 Å². The van der Waals surface area contributed by atoms with Gasteiger partial charge in [0.25, 0.3) is 5.91 Å². The molecule has 7 heteroatoms. The van der Waals surface area contributed by atoms with Crippen molar-refractivity contribution in [2.45, 2.75) is 13.8 Å². The molecule has 0 bridgehead atoms. The molecule has 1 aliphatic heterocycles. The number of hydrogen-bond acceptors (Lipinski definition) is 4. The van der Waals surface area contributed by atoms with E-state index in [1.54, 1.807) is 4.90 Å². The van der Waals surface area contributed by atoms with E-state index in [0.717, 1.165) is 0 Å². The minimum atomic E-state index is -0.661. The summed E-state index contributed by atoms with van der Waals surface area (Å²) in [7, 11) is 0. The minimum absolute atomic E-state index is 0.00583. The van der Waals surface area contributed by atoms with E-state index in [1.165, 1.54) is 12.3 Å². The summed E-state index contributed by atoms with van der Waals surface area (Å²) in [6.07, 6.45) is 1.31. The van der Waals surface area contributed by atoms with Crippen LogP contribution in [0.3, 0.4) is 0 Å². The maximum absolute atomic E-state index is 12.4. The molecule has 102 valence electrons. The molecule has 2 atom stereocenters. The Balaban J connectivity index is 2.35. The van der Waals surface area contributed by atoms with Gasteiger partial charge < -0.3 is 4.90 Å². The van der Waals surface area contributed by atoms with Gasteiger partial charge in [0.1, 0.15) is 5.56 Å². The second-order valence-electron chi connectivity index (χ2n) is 4.92. The third-order valence-corrected chi connectivity index (χ3v) is 3.84. The zero-order valence-electron chi connectivity index (χ0n) is 10.7. The molecular formula is C12H14ClN3O3. The van der Waals surface area contributed by atoms with Crippen LogP contribution in [0.15, 0.2) is 12.3 Å². The molecule has 0 saturated carbocycles. The second kappa shape index (κ2) is 5.13. The van der Waals surface area contributed by atoms with E-state index in [9.17, 15) is 14.9 Å². The molecule has 1 amide bonds. The Morgan fingerprint density at radius 1 is 1.47 bits per heavy atom. The largest absolute Gasteiger partial charge is 0.338 e. The summed E-state index contributed by atoms with van der Waals surface area (Å²) >= 11 is 5.71. The van der Waals surface area contributed by atoms with Crippen LogP contribution in [0.1, 0.15) is 24.2 Å². The fourth-order valence-electron chi connectivity index (χ4n) is 2.24. The van der Waals surface area contributed by atoms with Crippen molar-refractivity contribution >= 4 is 23.2 Å².